The van der Waals surface area contributed by atoms with Crippen LogP contribution in [-0.4, -0.2) is 42.9 Å². The molecule has 0 atom stereocenters. The maximum absolute atomic E-state index is 4.30. The van der Waals surface area contributed by atoms with Crippen molar-refractivity contribution in [2.24, 2.45) is 4.99 Å². The molecule has 0 aliphatic carbocycles. The highest BCUT2D eigenvalue weighted by atomic mass is 15.3. The molecule has 134 valence electrons. The highest BCUT2D eigenvalue weighted by molar-refractivity contribution is 5.79. The lowest BCUT2D eigenvalue weighted by Gasteiger charge is -2.28. The lowest BCUT2D eigenvalue weighted by Crippen LogP contribution is -2.37. The van der Waals surface area contributed by atoms with Crippen LogP contribution in [0.15, 0.2) is 41.7 Å². The van der Waals surface area contributed by atoms with E-state index in [2.05, 4.69) is 50.9 Å². The number of aliphatic imine (C=N–C) groups is 1. The number of nitrogens with zero attached hydrogens (tertiary/aromatic N) is 4. The first-order valence-electron chi connectivity index (χ1n) is 9.01. The molecule has 1 aliphatic heterocycles. The lowest BCUT2D eigenvalue weighted by molar-refractivity contribution is 0.570. The summed E-state index contributed by atoms with van der Waals surface area (Å²) in [6.07, 6.45) is 7.21. The van der Waals surface area contributed by atoms with E-state index in [0.29, 0.717) is 0 Å². The van der Waals surface area contributed by atoms with Gasteiger partial charge in [0, 0.05) is 58.4 Å². The van der Waals surface area contributed by atoms with Crippen molar-refractivity contribution in [1.29, 1.82) is 0 Å². The largest absolute Gasteiger partial charge is 0.374 e. The third-order valence-corrected chi connectivity index (χ3v) is 4.59. The molecule has 2 heterocycles. The van der Waals surface area contributed by atoms with Crippen molar-refractivity contribution in [3.05, 3.63) is 47.8 Å². The quantitative estimate of drug-likeness (QED) is 0.480. The Morgan fingerprint density at radius 1 is 1.32 bits per heavy atom. The van der Waals surface area contributed by atoms with E-state index in [9.17, 15) is 0 Å². The second-order valence-corrected chi connectivity index (χ2v) is 6.46. The fourth-order valence-electron chi connectivity index (χ4n) is 3.24. The number of nitrogens with one attached hydrogen (secondary N) is 2. The third-order valence-electron chi connectivity index (χ3n) is 4.59. The van der Waals surface area contributed by atoms with Crippen molar-refractivity contribution in [2.75, 3.05) is 32.1 Å². The van der Waals surface area contributed by atoms with Crippen LogP contribution in [0.4, 0.5) is 5.69 Å². The standard InChI is InChI=1S/C19H28N6/c1-20-19(21-9-4-12-25-13-5-10-23-25)22-15-16-7-8-18-17(14-16)6-3-11-24(18)2/h5,7-8,10,13-14H,3-4,6,9,11-12,15H2,1-2H3,(H2,20,21,22). The van der Waals surface area contributed by atoms with Crippen LogP contribution in [0.5, 0.6) is 0 Å². The Balaban J connectivity index is 1.45. The minimum atomic E-state index is 0.788. The monoisotopic (exact) mass is 340 g/mol. The van der Waals surface area contributed by atoms with Crippen molar-refractivity contribution < 1.29 is 0 Å². The first kappa shape index (κ1) is 17.3. The van der Waals surface area contributed by atoms with Gasteiger partial charge in [-0.2, -0.15) is 5.10 Å². The van der Waals surface area contributed by atoms with Crippen LogP contribution >= 0.6 is 0 Å². The summed E-state index contributed by atoms with van der Waals surface area (Å²) in [5.41, 5.74) is 4.12. The number of hydrogen-bond acceptors (Lipinski definition) is 3. The first-order valence-corrected chi connectivity index (χ1v) is 9.01. The molecule has 0 spiro atoms. The van der Waals surface area contributed by atoms with Crippen molar-refractivity contribution in [2.45, 2.75) is 32.4 Å². The van der Waals surface area contributed by atoms with Gasteiger partial charge in [-0.05, 0) is 42.5 Å². The molecule has 0 fully saturated rings. The molecule has 6 nitrogen and oxygen atoms in total. The van der Waals surface area contributed by atoms with Crippen LogP contribution in [0.2, 0.25) is 0 Å². The van der Waals surface area contributed by atoms with Gasteiger partial charge in [-0.15, -0.1) is 0 Å². The van der Waals surface area contributed by atoms with Crippen LogP contribution in [0.25, 0.3) is 0 Å². The Labute approximate surface area is 149 Å². The molecule has 1 aliphatic rings. The molecule has 2 N–H and O–H groups in total. The van der Waals surface area contributed by atoms with Gasteiger partial charge in [-0.25, -0.2) is 0 Å². The van der Waals surface area contributed by atoms with Gasteiger partial charge in [0.25, 0.3) is 0 Å². The zero-order valence-electron chi connectivity index (χ0n) is 15.2. The number of fused-ring (bicyclic) bond motifs is 1. The van der Waals surface area contributed by atoms with Gasteiger partial charge >= 0.3 is 0 Å². The van der Waals surface area contributed by atoms with E-state index in [-0.39, 0.29) is 0 Å². The zero-order valence-corrected chi connectivity index (χ0v) is 15.2. The number of rotatable bonds is 6. The molecular formula is C19H28N6. The molecule has 0 amide bonds. The minimum Gasteiger partial charge on any atom is -0.374 e. The van der Waals surface area contributed by atoms with E-state index in [1.54, 1.807) is 0 Å². The van der Waals surface area contributed by atoms with E-state index in [1.165, 1.54) is 29.7 Å². The van der Waals surface area contributed by atoms with Crippen molar-refractivity contribution in [3.63, 3.8) is 0 Å². The average Bonchev–Trinajstić information content (AvgIpc) is 3.15. The Morgan fingerprint density at radius 2 is 2.24 bits per heavy atom. The summed E-state index contributed by atoms with van der Waals surface area (Å²) in [6.45, 7) is 3.72. The number of guanidine groups is 1. The number of hydrogen-bond donors (Lipinski definition) is 2. The van der Waals surface area contributed by atoms with Gasteiger partial charge < -0.3 is 15.5 Å². The topological polar surface area (TPSA) is 57.5 Å². The predicted octanol–water partition coefficient (Wildman–Crippen LogP) is 2.02. The fourth-order valence-corrected chi connectivity index (χ4v) is 3.24. The highest BCUT2D eigenvalue weighted by Gasteiger charge is 2.13. The molecule has 1 aromatic heterocycles. The second kappa shape index (κ2) is 8.55. The van der Waals surface area contributed by atoms with Gasteiger partial charge in [0.2, 0.25) is 0 Å². The molecule has 2 aromatic rings. The minimum absolute atomic E-state index is 0.788. The number of aromatic nitrogens is 2. The van der Waals surface area contributed by atoms with E-state index in [1.807, 2.05) is 30.2 Å². The molecule has 25 heavy (non-hydrogen) atoms. The van der Waals surface area contributed by atoms with Gasteiger partial charge in [0.05, 0.1) is 0 Å². The summed E-state index contributed by atoms with van der Waals surface area (Å²) >= 11 is 0. The Hall–Kier alpha value is -2.50. The van der Waals surface area contributed by atoms with Crippen LogP contribution in [-0.2, 0) is 19.5 Å². The molecule has 0 radical (unpaired) electrons. The molecule has 3 rings (SSSR count). The zero-order chi connectivity index (χ0) is 17.5. The van der Waals surface area contributed by atoms with Gasteiger partial charge in [-0.1, -0.05) is 12.1 Å². The molecule has 0 bridgehead atoms. The summed E-state index contributed by atoms with van der Waals surface area (Å²) < 4.78 is 1.95. The normalized spacial score (nSPS) is 14.3. The average molecular weight is 340 g/mol. The van der Waals surface area contributed by atoms with Gasteiger partial charge in [-0.3, -0.25) is 9.67 Å². The Morgan fingerprint density at radius 3 is 3.04 bits per heavy atom. The molecule has 1 aromatic carbocycles. The van der Waals surface area contributed by atoms with E-state index in [0.717, 1.165) is 38.6 Å². The molecule has 0 unspecified atom stereocenters. The maximum atomic E-state index is 4.30. The number of aryl methyl sites for hydroxylation is 2. The summed E-state index contributed by atoms with van der Waals surface area (Å²) in [5, 5.41) is 11.0. The van der Waals surface area contributed by atoms with Crippen LogP contribution in [0, 0.1) is 0 Å². The van der Waals surface area contributed by atoms with Crippen LogP contribution in [0.1, 0.15) is 24.0 Å². The summed E-state index contributed by atoms with van der Waals surface area (Å²) in [6, 6.07) is 8.72. The highest BCUT2D eigenvalue weighted by Crippen LogP contribution is 2.26. The molecule has 0 saturated carbocycles. The number of anilines is 1. The Bertz CT molecular complexity index is 692. The second-order valence-electron chi connectivity index (χ2n) is 6.46. The van der Waals surface area contributed by atoms with Crippen LogP contribution < -0.4 is 15.5 Å². The molecular weight excluding hydrogens is 312 g/mol. The van der Waals surface area contributed by atoms with E-state index < -0.39 is 0 Å². The summed E-state index contributed by atoms with van der Waals surface area (Å²) in [4.78, 5) is 6.64. The lowest BCUT2D eigenvalue weighted by atomic mass is 9.99. The third kappa shape index (κ3) is 4.75. The molecule has 0 saturated heterocycles. The van der Waals surface area contributed by atoms with E-state index >= 15 is 0 Å². The van der Waals surface area contributed by atoms with Crippen molar-refractivity contribution in [1.82, 2.24) is 20.4 Å². The van der Waals surface area contributed by atoms with Crippen molar-refractivity contribution in [3.8, 4) is 0 Å². The molecule has 6 heteroatoms. The van der Waals surface area contributed by atoms with Gasteiger partial charge in [0.15, 0.2) is 5.96 Å². The predicted molar refractivity (Wildman–Crippen MR) is 103 cm³/mol. The SMILES string of the molecule is CN=C(NCCCn1cccn1)NCc1ccc2c(c1)CCCN2C. The Kier molecular flexibility index (Phi) is 5.93. The smallest absolute Gasteiger partial charge is 0.191 e. The maximum Gasteiger partial charge on any atom is 0.191 e. The fraction of sp³-hybridized carbons (Fsp3) is 0.474. The van der Waals surface area contributed by atoms with Crippen LogP contribution in [0.3, 0.4) is 0 Å². The summed E-state index contributed by atoms with van der Waals surface area (Å²) in [5.74, 6) is 0.843. The van der Waals surface area contributed by atoms with Crippen molar-refractivity contribution >= 4 is 11.6 Å². The van der Waals surface area contributed by atoms with Gasteiger partial charge in [0.1, 0.15) is 0 Å². The summed E-state index contributed by atoms with van der Waals surface area (Å²) in [7, 11) is 3.98. The van der Waals surface area contributed by atoms with E-state index in [4.69, 9.17) is 0 Å². The number of benzene rings is 1. The first-order chi connectivity index (χ1) is 12.3.